The number of esters is 1. The lowest BCUT2D eigenvalue weighted by Crippen LogP contribution is -2.45. The van der Waals surface area contributed by atoms with Crippen molar-refractivity contribution in [1.29, 1.82) is 0 Å². The highest BCUT2D eigenvalue weighted by atomic mass is 16.5. The zero-order chi connectivity index (χ0) is 22.4. The molecule has 0 radical (unpaired) electrons. The van der Waals surface area contributed by atoms with Crippen molar-refractivity contribution in [2.24, 2.45) is 0 Å². The first-order valence-electron chi connectivity index (χ1n) is 10.5. The van der Waals surface area contributed by atoms with Crippen LogP contribution in [0.3, 0.4) is 0 Å². The van der Waals surface area contributed by atoms with Crippen molar-refractivity contribution in [3.63, 3.8) is 0 Å². The van der Waals surface area contributed by atoms with Gasteiger partial charge in [-0.05, 0) is 50.8 Å². The van der Waals surface area contributed by atoms with Gasteiger partial charge in [0.05, 0.1) is 25.3 Å². The molecule has 2 heterocycles. The number of carbonyl (C=O) groups excluding carboxylic acids is 3. The van der Waals surface area contributed by atoms with Crippen molar-refractivity contribution < 1.29 is 28.6 Å². The number of ether oxygens (including phenoxy) is 3. The number of rotatable bonds is 7. The highest BCUT2D eigenvalue weighted by molar-refractivity contribution is 5.95. The Morgan fingerprint density at radius 1 is 1.16 bits per heavy atom. The van der Waals surface area contributed by atoms with Crippen molar-refractivity contribution in [3.05, 3.63) is 35.0 Å². The summed E-state index contributed by atoms with van der Waals surface area (Å²) in [5, 5.41) is 5.35. The van der Waals surface area contributed by atoms with Crippen molar-refractivity contribution in [3.8, 4) is 11.5 Å². The molecule has 9 heteroatoms. The molecule has 3 amide bonds. The number of hydrogen-bond acceptors (Lipinski definition) is 6. The van der Waals surface area contributed by atoms with Gasteiger partial charge in [0.15, 0.2) is 18.1 Å². The first kappa shape index (κ1) is 22.5. The smallest absolute Gasteiger partial charge is 0.338 e. The van der Waals surface area contributed by atoms with E-state index in [4.69, 9.17) is 14.2 Å². The van der Waals surface area contributed by atoms with Gasteiger partial charge in [0, 0.05) is 18.8 Å². The number of urea groups is 1. The molecule has 0 aliphatic carbocycles. The number of likely N-dealkylation sites (tertiary alicyclic amines) is 1. The van der Waals surface area contributed by atoms with Gasteiger partial charge in [-0.2, -0.15) is 0 Å². The summed E-state index contributed by atoms with van der Waals surface area (Å²) in [5.74, 6) is 0.247. The number of carbonyl (C=O) groups is 3. The highest BCUT2D eigenvalue weighted by Crippen LogP contribution is 2.34. The Bertz CT molecular complexity index is 876. The Morgan fingerprint density at radius 3 is 2.58 bits per heavy atom. The van der Waals surface area contributed by atoms with Crippen LogP contribution in [0.1, 0.15) is 44.7 Å². The number of hydrogen-bond donors (Lipinski definition) is 2. The molecule has 168 valence electrons. The molecule has 0 spiro atoms. The van der Waals surface area contributed by atoms with Crippen LogP contribution >= 0.6 is 0 Å². The van der Waals surface area contributed by atoms with Crippen LogP contribution in [0, 0.1) is 0 Å². The van der Waals surface area contributed by atoms with E-state index in [0.29, 0.717) is 28.3 Å². The Labute approximate surface area is 181 Å². The molecular formula is C22H29N3O6. The molecule has 2 aliphatic rings. The van der Waals surface area contributed by atoms with E-state index in [1.807, 2.05) is 4.90 Å². The molecule has 9 nitrogen and oxygen atoms in total. The van der Waals surface area contributed by atoms with Crippen LogP contribution in [0.25, 0.3) is 0 Å². The lowest BCUT2D eigenvalue weighted by atomic mass is 9.95. The summed E-state index contributed by atoms with van der Waals surface area (Å²) in [7, 11) is 1.49. The number of piperidine rings is 1. The molecule has 31 heavy (non-hydrogen) atoms. The first-order chi connectivity index (χ1) is 14.9. The summed E-state index contributed by atoms with van der Waals surface area (Å²) in [6, 6.07) is 3.96. The van der Waals surface area contributed by atoms with E-state index in [1.165, 1.54) is 7.11 Å². The molecule has 2 N–H and O–H groups in total. The van der Waals surface area contributed by atoms with Gasteiger partial charge in [-0.25, -0.2) is 9.59 Å². The van der Waals surface area contributed by atoms with E-state index in [-0.39, 0.29) is 19.1 Å². The fourth-order valence-corrected chi connectivity index (χ4v) is 3.78. The first-order valence-corrected chi connectivity index (χ1v) is 10.5. The molecule has 1 aromatic rings. The summed E-state index contributed by atoms with van der Waals surface area (Å²) in [6.45, 7) is 5.03. The van der Waals surface area contributed by atoms with E-state index < -0.39 is 18.0 Å². The van der Waals surface area contributed by atoms with E-state index in [2.05, 4.69) is 10.6 Å². The van der Waals surface area contributed by atoms with Gasteiger partial charge >= 0.3 is 12.0 Å². The van der Waals surface area contributed by atoms with Crippen molar-refractivity contribution in [2.45, 2.75) is 39.2 Å². The number of nitrogens with zero attached hydrogens (tertiary/aromatic N) is 1. The average molecular weight is 431 g/mol. The van der Waals surface area contributed by atoms with Crippen LogP contribution in [-0.4, -0.2) is 56.2 Å². The molecule has 3 rings (SSSR count). The molecule has 1 fully saturated rings. The fraction of sp³-hybridized carbons (Fsp3) is 0.500. The lowest BCUT2D eigenvalue weighted by Gasteiger charge is -2.28. The third-order valence-corrected chi connectivity index (χ3v) is 5.35. The molecule has 0 bridgehead atoms. The number of methoxy groups -OCH3 is 1. The molecule has 1 saturated heterocycles. The van der Waals surface area contributed by atoms with Crippen molar-refractivity contribution in [2.75, 3.05) is 33.4 Å². The maximum absolute atomic E-state index is 12.5. The third kappa shape index (κ3) is 5.28. The van der Waals surface area contributed by atoms with Crippen LogP contribution in [0.2, 0.25) is 0 Å². The second-order valence-electron chi connectivity index (χ2n) is 7.43. The third-order valence-electron chi connectivity index (χ3n) is 5.35. The maximum Gasteiger partial charge on any atom is 0.338 e. The van der Waals surface area contributed by atoms with Crippen LogP contribution in [-0.2, 0) is 14.3 Å². The van der Waals surface area contributed by atoms with Gasteiger partial charge < -0.3 is 29.7 Å². The van der Waals surface area contributed by atoms with Gasteiger partial charge in [-0.3, -0.25) is 4.79 Å². The summed E-state index contributed by atoms with van der Waals surface area (Å²) in [6.07, 6.45) is 3.18. The topological polar surface area (TPSA) is 106 Å². The number of allylic oxidation sites excluding steroid dienone is 1. The van der Waals surface area contributed by atoms with Crippen LogP contribution in [0.15, 0.2) is 29.5 Å². The quantitative estimate of drug-likeness (QED) is 0.642. The Balaban J connectivity index is 1.79. The molecule has 0 saturated carbocycles. The van der Waals surface area contributed by atoms with E-state index >= 15 is 0 Å². The molecule has 0 unspecified atom stereocenters. The van der Waals surface area contributed by atoms with Crippen molar-refractivity contribution >= 4 is 17.9 Å². The van der Waals surface area contributed by atoms with Gasteiger partial charge in [0.2, 0.25) is 0 Å². The number of nitrogens with one attached hydrogen (secondary N) is 2. The Morgan fingerprint density at radius 2 is 1.90 bits per heavy atom. The van der Waals surface area contributed by atoms with Crippen molar-refractivity contribution in [1.82, 2.24) is 15.5 Å². The standard InChI is InChI=1S/C22H29N3O6/c1-4-30-21(27)19-14(2)23-22(28)24-20(19)15-8-9-16(17(12-15)29-3)31-13-18(26)25-10-6-5-7-11-25/h8-9,12,20H,4-7,10-11,13H2,1-3H3,(H2,23,24,28)/t20-/m0/s1. The molecular weight excluding hydrogens is 402 g/mol. The van der Waals surface area contributed by atoms with Gasteiger partial charge in [0.1, 0.15) is 0 Å². The average Bonchev–Trinajstić information content (AvgIpc) is 2.77. The van der Waals surface area contributed by atoms with Gasteiger partial charge in [-0.1, -0.05) is 6.07 Å². The largest absolute Gasteiger partial charge is 0.493 e. The monoisotopic (exact) mass is 431 g/mol. The van der Waals surface area contributed by atoms with Gasteiger partial charge in [0.25, 0.3) is 5.91 Å². The summed E-state index contributed by atoms with van der Waals surface area (Å²) < 4.78 is 16.3. The molecule has 1 aromatic carbocycles. The second-order valence-corrected chi connectivity index (χ2v) is 7.43. The maximum atomic E-state index is 12.5. The van der Waals surface area contributed by atoms with Crippen LogP contribution in [0.5, 0.6) is 11.5 Å². The van der Waals surface area contributed by atoms with Crippen LogP contribution < -0.4 is 20.1 Å². The zero-order valence-electron chi connectivity index (χ0n) is 18.2. The lowest BCUT2D eigenvalue weighted by molar-refractivity contribution is -0.139. The highest BCUT2D eigenvalue weighted by Gasteiger charge is 2.32. The zero-order valence-corrected chi connectivity index (χ0v) is 18.2. The fourth-order valence-electron chi connectivity index (χ4n) is 3.78. The number of benzene rings is 1. The molecule has 2 aliphatic heterocycles. The summed E-state index contributed by atoms with van der Waals surface area (Å²) in [4.78, 5) is 38.7. The minimum absolute atomic E-state index is 0.0559. The number of amides is 3. The SMILES string of the molecule is CCOC(=O)C1=C(C)NC(=O)N[C@H]1c1ccc(OCC(=O)N2CCCCC2)c(OC)c1. The predicted octanol–water partition coefficient (Wildman–Crippen LogP) is 2.28. The van der Waals surface area contributed by atoms with E-state index in [9.17, 15) is 14.4 Å². The predicted molar refractivity (Wildman–Crippen MR) is 113 cm³/mol. The summed E-state index contributed by atoms with van der Waals surface area (Å²) in [5.41, 5.74) is 1.37. The molecule has 1 atom stereocenters. The Hall–Kier alpha value is -3.23. The minimum atomic E-state index is -0.703. The molecule has 0 aromatic heterocycles. The summed E-state index contributed by atoms with van der Waals surface area (Å²) >= 11 is 0. The Kier molecular flexibility index (Phi) is 7.38. The second kappa shape index (κ2) is 10.2. The minimum Gasteiger partial charge on any atom is -0.493 e. The van der Waals surface area contributed by atoms with E-state index in [1.54, 1.807) is 32.0 Å². The van der Waals surface area contributed by atoms with Crippen LogP contribution in [0.4, 0.5) is 4.79 Å². The van der Waals surface area contributed by atoms with E-state index in [0.717, 1.165) is 32.4 Å². The van der Waals surface area contributed by atoms with Gasteiger partial charge in [-0.15, -0.1) is 0 Å². The normalized spacial score (nSPS) is 18.7.